The molecule has 0 unspecified atom stereocenters. The normalized spacial score (nSPS) is 13.5. The van der Waals surface area contributed by atoms with Gasteiger partial charge in [0.05, 0.1) is 6.04 Å². The van der Waals surface area contributed by atoms with Gasteiger partial charge in [-0.1, -0.05) is 60.7 Å². The average molecular weight is 359 g/mol. The maximum atomic E-state index is 12.3. The van der Waals surface area contributed by atoms with E-state index < -0.39 is 6.09 Å². The van der Waals surface area contributed by atoms with Crippen LogP contribution in [0.5, 0.6) is 5.75 Å². The largest absolute Gasteiger partial charge is 0.508 e. The second-order valence-corrected chi connectivity index (χ2v) is 6.78. The Labute approximate surface area is 158 Å². The first-order valence-corrected chi connectivity index (χ1v) is 9.04. The van der Waals surface area contributed by atoms with Gasteiger partial charge >= 0.3 is 6.09 Å². The van der Waals surface area contributed by atoms with E-state index in [0.29, 0.717) is 6.61 Å². The molecule has 3 aromatic carbocycles. The molecule has 0 radical (unpaired) electrons. The van der Waals surface area contributed by atoms with E-state index in [9.17, 15) is 9.90 Å². The van der Waals surface area contributed by atoms with Gasteiger partial charge in [-0.05, 0) is 46.9 Å². The minimum Gasteiger partial charge on any atom is -0.508 e. The van der Waals surface area contributed by atoms with E-state index in [4.69, 9.17) is 4.74 Å². The highest BCUT2D eigenvalue weighted by Crippen LogP contribution is 2.44. The van der Waals surface area contributed by atoms with Gasteiger partial charge in [0.2, 0.25) is 0 Å². The topological polar surface area (TPSA) is 58.6 Å². The smallest absolute Gasteiger partial charge is 0.407 e. The molecule has 1 aliphatic rings. The Hall–Kier alpha value is -3.27. The van der Waals surface area contributed by atoms with Gasteiger partial charge in [-0.3, -0.25) is 0 Å². The Morgan fingerprint density at radius 2 is 1.52 bits per heavy atom. The molecule has 0 saturated carbocycles. The van der Waals surface area contributed by atoms with E-state index >= 15 is 0 Å². The second kappa shape index (κ2) is 7.16. The molecule has 1 aliphatic carbocycles. The Bertz CT molecular complexity index is 920. The highest BCUT2D eigenvalue weighted by Gasteiger charge is 2.29. The molecule has 4 rings (SSSR count). The Morgan fingerprint density at radius 1 is 0.963 bits per heavy atom. The fourth-order valence-corrected chi connectivity index (χ4v) is 3.66. The number of aromatic hydroxyl groups is 1. The van der Waals surface area contributed by atoms with Crippen LogP contribution in [0.3, 0.4) is 0 Å². The van der Waals surface area contributed by atoms with Gasteiger partial charge in [0.1, 0.15) is 12.4 Å². The summed E-state index contributed by atoms with van der Waals surface area (Å²) in [6.07, 6.45) is -0.447. The van der Waals surface area contributed by atoms with Gasteiger partial charge < -0.3 is 15.2 Å². The van der Waals surface area contributed by atoms with Crippen LogP contribution in [-0.4, -0.2) is 17.8 Å². The number of rotatable bonds is 4. The lowest BCUT2D eigenvalue weighted by atomic mass is 9.98. The number of phenols is 1. The number of nitrogens with one attached hydrogen (secondary N) is 1. The van der Waals surface area contributed by atoms with E-state index in [0.717, 1.165) is 5.56 Å². The highest BCUT2D eigenvalue weighted by atomic mass is 16.5. The molecule has 2 N–H and O–H groups in total. The summed E-state index contributed by atoms with van der Waals surface area (Å²) in [7, 11) is 0. The number of ether oxygens (including phenoxy) is 1. The Morgan fingerprint density at radius 3 is 2.11 bits per heavy atom. The SMILES string of the molecule is C[C@@H](NC(=O)OCC1c2ccccc2-c2ccccc21)c1ccc(O)cc1. The van der Waals surface area contributed by atoms with Crippen molar-refractivity contribution in [3.8, 4) is 16.9 Å². The number of hydrogen-bond donors (Lipinski definition) is 2. The van der Waals surface area contributed by atoms with Crippen LogP contribution in [0, 0.1) is 0 Å². The summed E-state index contributed by atoms with van der Waals surface area (Å²) in [4.78, 5) is 12.3. The van der Waals surface area contributed by atoms with Crippen molar-refractivity contribution >= 4 is 6.09 Å². The van der Waals surface area contributed by atoms with Crippen molar-refractivity contribution in [1.82, 2.24) is 5.32 Å². The highest BCUT2D eigenvalue weighted by molar-refractivity contribution is 5.79. The molecule has 136 valence electrons. The zero-order valence-electron chi connectivity index (χ0n) is 15.1. The number of hydrogen-bond acceptors (Lipinski definition) is 3. The van der Waals surface area contributed by atoms with Gasteiger partial charge in [0.25, 0.3) is 0 Å². The molecule has 1 amide bonds. The molecule has 0 spiro atoms. The molecule has 0 heterocycles. The van der Waals surface area contributed by atoms with Crippen molar-refractivity contribution in [1.29, 1.82) is 0 Å². The van der Waals surface area contributed by atoms with Gasteiger partial charge in [0, 0.05) is 5.92 Å². The zero-order chi connectivity index (χ0) is 18.8. The van der Waals surface area contributed by atoms with E-state index in [1.54, 1.807) is 24.3 Å². The third kappa shape index (κ3) is 3.38. The average Bonchev–Trinajstić information content (AvgIpc) is 3.01. The minimum absolute atomic E-state index is 0.0483. The molecule has 0 aromatic heterocycles. The molecule has 4 heteroatoms. The number of alkyl carbamates (subject to hydrolysis) is 1. The summed E-state index contributed by atoms with van der Waals surface area (Å²) >= 11 is 0. The zero-order valence-corrected chi connectivity index (χ0v) is 15.1. The van der Waals surface area contributed by atoms with Crippen LogP contribution in [0.15, 0.2) is 72.8 Å². The summed E-state index contributed by atoms with van der Waals surface area (Å²) < 4.78 is 5.56. The minimum atomic E-state index is -0.447. The number of benzene rings is 3. The van der Waals surface area contributed by atoms with Crippen LogP contribution in [0.25, 0.3) is 11.1 Å². The van der Waals surface area contributed by atoms with Crippen molar-refractivity contribution in [3.05, 3.63) is 89.5 Å². The lowest BCUT2D eigenvalue weighted by Crippen LogP contribution is -2.28. The molecule has 0 fully saturated rings. The monoisotopic (exact) mass is 359 g/mol. The summed E-state index contributed by atoms with van der Waals surface area (Å²) in [6, 6.07) is 23.1. The standard InChI is InChI=1S/C23H21NO3/c1-15(16-10-12-17(25)13-11-16)24-23(26)27-14-22-20-8-4-2-6-18(20)19-7-3-5-9-21(19)22/h2-13,15,22,25H,14H2,1H3,(H,24,26)/t15-/m1/s1. The number of fused-ring (bicyclic) bond motifs is 3. The maximum Gasteiger partial charge on any atom is 0.407 e. The van der Waals surface area contributed by atoms with E-state index in [1.807, 2.05) is 31.2 Å². The van der Waals surface area contributed by atoms with Gasteiger partial charge in [-0.15, -0.1) is 0 Å². The quantitative estimate of drug-likeness (QED) is 0.690. The molecular weight excluding hydrogens is 338 g/mol. The fraction of sp³-hybridized carbons (Fsp3) is 0.174. The Balaban J connectivity index is 1.44. The summed E-state index contributed by atoms with van der Waals surface area (Å²) in [5.74, 6) is 0.249. The molecule has 0 aliphatic heterocycles. The van der Waals surface area contributed by atoms with Crippen LogP contribution >= 0.6 is 0 Å². The Kier molecular flexibility index (Phi) is 4.55. The van der Waals surface area contributed by atoms with Crippen molar-refractivity contribution < 1.29 is 14.6 Å². The van der Waals surface area contributed by atoms with Crippen LogP contribution in [0.2, 0.25) is 0 Å². The number of carbonyl (C=O) groups is 1. The first kappa shape index (κ1) is 17.2. The first-order valence-electron chi connectivity index (χ1n) is 9.04. The van der Waals surface area contributed by atoms with Gasteiger partial charge in [-0.25, -0.2) is 4.79 Å². The van der Waals surface area contributed by atoms with Crippen LogP contribution < -0.4 is 5.32 Å². The second-order valence-electron chi connectivity index (χ2n) is 6.78. The number of carbonyl (C=O) groups excluding carboxylic acids is 1. The molecule has 1 atom stereocenters. The summed E-state index contributed by atoms with van der Waals surface area (Å²) in [6.45, 7) is 2.18. The van der Waals surface area contributed by atoms with Gasteiger partial charge in [0.15, 0.2) is 0 Å². The van der Waals surface area contributed by atoms with Crippen molar-refractivity contribution in [3.63, 3.8) is 0 Å². The molecule has 27 heavy (non-hydrogen) atoms. The lowest BCUT2D eigenvalue weighted by Gasteiger charge is -2.17. The first-order chi connectivity index (χ1) is 13.1. The van der Waals surface area contributed by atoms with E-state index in [-0.39, 0.29) is 17.7 Å². The number of amides is 1. The summed E-state index contributed by atoms with van der Waals surface area (Å²) in [5, 5.41) is 12.2. The third-order valence-corrected chi connectivity index (χ3v) is 5.07. The van der Waals surface area contributed by atoms with Crippen LogP contribution in [-0.2, 0) is 4.74 Å². The number of phenolic OH excluding ortho intramolecular Hbond substituents is 1. The van der Waals surface area contributed by atoms with E-state index in [1.165, 1.54) is 22.3 Å². The van der Waals surface area contributed by atoms with Gasteiger partial charge in [-0.2, -0.15) is 0 Å². The van der Waals surface area contributed by atoms with Crippen LogP contribution in [0.1, 0.15) is 35.6 Å². The fourth-order valence-electron chi connectivity index (χ4n) is 3.66. The van der Waals surface area contributed by atoms with E-state index in [2.05, 4.69) is 29.6 Å². The van der Waals surface area contributed by atoms with Crippen LogP contribution in [0.4, 0.5) is 4.79 Å². The van der Waals surface area contributed by atoms with Crippen molar-refractivity contribution in [2.24, 2.45) is 0 Å². The summed E-state index contributed by atoms with van der Waals surface area (Å²) in [5.41, 5.74) is 5.71. The molecule has 3 aromatic rings. The maximum absolute atomic E-state index is 12.3. The lowest BCUT2D eigenvalue weighted by molar-refractivity contribution is 0.140. The predicted octanol–water partition coefficient (Wildman–Crippen LogP) is 4.99. The molecule has 4 nitrogen and oxygen atoms in total. The van der Waals surface area contributed by atoms with Crippen molar-refractivity contribution in [2.75, 3.05) is 6.61 Å². The molecule has 0 saturated heterocycles. The molecular formula is C23H21NO3. The molecule has 0 bridgehead atoms. The van der Waals surface area contributed by atoms with Crippen molar-refractivity contribution in [2.45, 2.75) is 18.9 Å². The predicted molar refractivity (Wildman–Crippen MR) is 105 cm³/mol. The third-order valence-electron chi connectivity index (χ3n) is 5.07.